The topological polar surface area (TPSA) is 66.5 Å². The van der Waals surface area contributed by atoms with Crippen LogP contribution in [0.4, 0.5) is 10.6 Å². The van der Waals surface area contributed by atoms with Crippen molar-refractivity contribution in [2.75, 3.05) is 32.5 Å². The fraction of sp³-hybridized carbons (Fsp3) is 0.556. The number of rotatable bonds is 5. The second kappa shape index (κ2) is 7.74. The molecule has 2 aromatic rings. The Bertz CT molecular complexity index is 679. The number of nitrogens with one attached hydrogen (secondary N) is 1. The number of furan rings is 1. The number of hydrogen-bond acceptors (Lipinski definition) is 4. The third-order valence-electron chi connectivity index (χ3n) is 4.65. The molecule has 2 aromatic heterocycles. The van der Waals surface area contributed by atoms with Crippen molar-refractivity contribution in [2.24, 2.45) is 5.92 Å². The number of aromatic nitrogens is 2. The third kappa shape index (κ3) is 4.42. The van der Waals surface area contributed by atoms with Gasteiger partial charge in [0.1, 0.15) is 5.76 Å². The van der Waals surface area contributed by atoms with E-state index in [2.05, 4.69) is 22.2 Å². The minimum absolute atomic E-state index is 0.0189. The SMILES string of the molecule is C[C@H]1CCN(C(=O)Nc2ccn(CCN(C)C)n2)[C@@H](c2ccco2)C1. The van der Waals surface area contributed by atoms with E-state index >= 15 is 0 Å². The molecule has 0 bridgehead atoms. The molecular formula is C18H27N5O2. The monoisotopic (exact) mass is 345 g/mol. The van der Waals surface area contributed by atoms with Crippen molar-refractivity contribution in [3.05, 3.63) is 36.4 Å². The Kier molecular flexibility index (Phi) is 5.43. The number of amides is 2. The van der Waals surface area contributed by atoms with E-state index in [9.17, 15) is 4.79 Å². The van der Waals surface area contributed by atoms with Gasteiger partial charge in [-0.25, -0.2) is 4.79 Å². The van der Waals surface area contributed by atoms with Gasteiger partial charge in [-0.2, -0.15) is 5.10 Å². The molecule has 1 N–H and O–H groups in total. The molecule has 0 radical (unpaired) electrons. The molecule has 1 aliphatic rings. The summed E-state index contributed by atoms with van der Waals surface area (Å²) in [5, 5.41) is 7.35. The zero-order chi connectivity index (χ0) is 17.8. The Balaban J connectivity index is 1.65. The lowest BCUT2D eigenvalue weighted by Gasteiger charge is -2.37. The molecule has 25 heavy (non-hydrogen) atoms. The van der Waals surface area contributed by atoms with Gasteiger partial charge in [0.2, 0.25) is 0 Å². The summed E-state index contributed by atoms with van der Waals surface area (Å²) in [6.45, 7) is 4.63. The molecule has 0 unspecified atom stereocenters. The van der Waals surface area contributed by atoms with Crippen molar-refractivity contribution in [1.82, 2.24) is 19.6 Å². The highest BCUT2D eigenvalue weighted by molar-refractivity contribution is 5.88. The van der Waals surface area contributed by atoms with Gasteiger partial charge < -0.3 is 14.2 Å². The Morgan fingerprint density at radius 1 is 1.44 bits per heavy atom. The average Bonchev–Trinajstić information content (AvgIpc) is 3.24. The molecule has 2 amide bonds. The number of carbonyl (C=O) groups is 1. The fourth-order valence-corrected chi connectivity index (χ4v) is 3.17. The summed E-state index contributed by atoms with van der Waals surface area (Å²) in [7, 11) is 4.05. The van der Waals surface area contributed by atoms with Crippen molar-refractivity contribution in [1.29, 1.82) is 0 Å². The molecule has 7 heteroatoms. The van der Waals surface area contributed by atoms with Crippen LogP contribution in [0.3, 0.4) is 0 Å². The zero-order valence-corrected chi connectivity index (χ0v) is 15.2. The van der Waals surface area contributed by atoms with Crippen LogP contribution >= 0.6 is 0 Å². The first kappa shape index (κ1) is 17.5. The van der Waals surface area contributed by atoms with E-state index in [4.69, 9.17) is 4.42 Å². The first-order valence-corrected chi connectivity index (χ1v) is 8.82. The molecule has 136 valence electrons. The van der Waals surface area contributed by atoms with E-state index in [1.54, 1.807) is 6.26 Å². The second-order valence-corrected chi connectivity index (χ2v) is 7.05. The summed E-state index contributed by atoms with van der Waals surface area (Å²) in [5.74, 6) is 2.00. The Morgan fingerprint density at radius 2 is 2.28 bits per heavy atom. The number of anilines is 1. The molecule has 0 spiro atoms. The predicted octanol–water partition coefficient (Wildman–Crippen LogP) is 3.04. The highest BCUT2D eigenvalue weighted by Gasteiger charge is 2.33. The van der Waals surface area contributed by atoms with E-state index in [1.165, 1.54) is 0 Å². The van der Waals surface area contributed by atoms with Crippen molar-refractivity contribution < 1.29 is 9.21 Å². The van der Waals surface area contributed by atoms with Crippen LogP contribution in [-0.2, 0) is 6.54 Å². The molecule has 7 nitrogen and oxygen atoms in total. The van der Waals surface area contributed by atoms with Crippen LogP contribution in [0.15, 0.2) is 35.1 Å². The molecule has 3 rings (SSSR count). The van der Waals surface area contributed by atoms with Gasteiger partial charge in [-0.3, -0.25) is 10.00 Å². The van der Waals surface area contributed by atoms with E-state index in [-0.39, 0.29) is 12.1 Å². The van der Waals surface area contributed by atoms with Crippen LogP contribution in [0.5, 0.6) is 0 Å². The van der Waals surface area contributed by atoms with Gasteiger partial charge in [0, 0.05) is 25.4 Å². The van der Waals surface area contributed by atoms with Crippen LogP contribution in [0.2, 0.25) is 0 Å². The molecule has 2 atom stereocenters. The lowest BCUT2D eigenvalue weighted by atomic mass is 9.91. The number of nitrogens with zero attached hydrogens (tertiary/aromatic N) is 4. The maximum absolute atomic E-state index is 12.8. The quantitative estimate of drug-likeness (QED) is 0.904. The molecule has 0 saturated carbocycles. The summed E-state index contributed by atoms with van der Waals surface area (Å²) in [5.41, 5.74) is 0. The molecule has 0 aliphatic carbocycles. The van der Waals surface area contributed by atoms with Gasteiger partial charge in [0.05, 0.1) is 18.8 Å². The minimum Gasteiger partial charge on any atom is -0.467 e. The van der Waals surface area contributed by atoms with Crippen LogP contribution in [0.25, 0.3) is 0 Å². The van der Waals surface area contributed by atoms with Gasteiger partial charge >= 0.3 is 6.03 Å². The number of urea groups is 1. The molecule has 1 fully saturated rings. The van der Waals surface area contributed by atoms with Crippen LogP contribution in [-0.4, -0.2) is 52.8 Å². The van der Waals surface area contributed by atoms with E-state index in [0.29, 0.717) is 11.7 Å². The van der Waals surface area contributed by atoms with Crippen molar-refractivity contribution >= 4 is 11.8 Å². The standard InChI is InChI=1S/C18H27N5O2/c1-14-6-9-23(15(13-14)16-5-4-12-25-16)18(24)19-17-7-8-22(20-17)11-10-21(2)3/h4-5,7-8,12,14-15H,6,9-11,13H2,1-3H3,(H,19,20,24)/t14-,15+/m0/s1. The van der Waals surface area contributed by atoms with Gasteiger partial charge in [-0.1, -0.05) is 6.92 Å². The lowest BCUT2D eigenvalue weighted by Crippen LogP contribution is -2.42. The Labute approximate surface area is 148 Å². The van der Waals surface area contributed by atoms with Gasteiger partial charge in [0.25, 0.3) is 0 Å². The minimum atomic E-state index is -0.119. The average molecular weight is 345 g/mol. The maximum atomic E-state index is 12.8. The fourth-order valence-electron chi connectivity index (χ4n) is 3.17. The number of piperidine rings is 1. The molecule has 1 aliphatic heterocycles. The molecule has 1 saturated heterocycles. The van der Waals surface area contributed by atoms with Crippen molar-refractivity contribution in [2.45, 2.75) is 32.4 Å². The van der Waals surface area contributed by atoms with E-state index < -0.39 is 0 Å². The molecule has 3 heterocycles. The molecular weight excluding hydrogens is 318 g/mol. The summed E-state index contributed by atoms with van der Waals surface area (Å²) in [4.78, 5) is 16.7. The smallest absolute Gasteiger partial charge is 0.323 e. The van der Waals surface area contributed by atoms with Gasteiger partial charge in [0.15, 0.2) is 5.82 Å². The predicted molar refractivity (Wildman–Crippen MR) is 96.4 cm³/mol. The van der Waals surface area contributed by atoms with Crippen molar-refractivity contribution in [3.8, 4) is 0 Å². The largest absolute Gasteiger partial charge is 0.467 e. The highest BCUT2D eigenvalue weighted by Crippen LogP contribution is 2.34. The maximum Gasteiger partial charge on any atom is 0.323 e. The third-order valence-corrected chi connectivity index (χ3v) is 4.65. The normalized spacial score (nSPS) is 20.9. The number of hydrogen-bond donors (Lipinski definition) is 1. The zero-order valence-electron chi connectivity index (χ0n) is 15.2. The summed E-state index contributed by atoms with van der Waals surface area (Å²) < 4.78 is 7.41. The lowest BCUT2D eigenvalue weighted by molar-refractivity contribution is 0.129. The van der Waals surface area contributed by atoms with Crippen LogP contribution in [0, 0.1) is 5.92 Å². The first-order chi connectivity index (χ1) is 12.0. The van der Waals surface area contributed by atoms with Crippen molar-refractivity contribution in [3.63, 3.8) is 0 Å². The Hall–Kier alpha value is -2.28. The first-order valence-electron chi connectivity index (χ1n) is 8.82. The number of likely N-dealkylation sites (N-methyl/N-ethyl adjacent to an activating group) is 1. The van der Waals surface area contributed by atoms with E-state index in [1.807, 2.05) is 48.1 Å². The highest BCUT2D eigenvalue weighted by atomic mass is 16.3. The number of likely N-dealkylation sites (tertiary alicyclic amines) is 1. The Morgan fingerprint density at radius 3 is 3.00 bits per heavy atom. The summed E-state index contributed by atoms with van der Waals surface area (Å²) in [6, 6.07) is 5.51. The molecule has 0 aromatic carbocycles. The van der Waals surface area contributed by atoms with Gasteiger partial charge in [-0.05, 0) is 45.0 Å². The summed E-state index contributed by atoms with van der Waals surface area (Å²) in [6.07, 6.45) is 5.47. The van der Waals surface area contributed by atoms with E-state index in [0.717, 1.165) is 38.2 Å². The summed E-state index contributed by atoms with van der Waals surface area (Å²) >= 11 is 0. The van der Waals surface area contributed by atoms with Crippen LogP contribution < -0.4 is 5.32 Å². The second-order valence-electron chi connectivity index (χ2n) is 7.05. The number of carbonyl (C=O) groups excluding carboxylic acids is 1. The van der Waals surface area contributed by atoms with Gasteiger partial charge in [-0.15, -0.1) is 0 Å². The van der Waals surface area contributed by atoms with Crippen LogP contribution in [0.1, 0.15) is 31.6 Å².